The lowest BCUT2D eigenvalue weighted by Crippen LogP contribution is -2.19. The smallest absolute Gasteiger partial charge is 0.341 e. The molecule has 0 aliphatic rings. The Morgan fingerprint density at radius 2 is 2.09 bits per heavy atom. The Balaban J connectivity index is 1.89. The van der Waals surface area contributed by atoms with Crippen molar-refractivity contribution in [2.45, 2.75) is 0 Å². The molecule has 1 heterocycles. The molecule has 1 aromatic heterocycles. The van der Waals surface area contributed by atoms with Crippen LogP contribution in [-0.2, 0) is 4.79 Å². The second kappa shape index (κ2) is 6.83. The number of aliphatic carboxylic acids is 1. The number of nitrogens with one attached hydrogen (secondary N) is 1. The molecule has 2 aromatic rings. The van der Waals surface area contributed by atoms with Gasteiger partial charge in [-0.3, -0.25) is 4.79 Å². The first-order valence-corrected chi connectivity index (χ1v) is 5.92. The maximum atomic E-state index is 11.6. The molecule has 1 aromatic carbocycles. The highest BCUT2D eigenvalue weighted by Gasteiger charge is 2.14. The Bertz CT molecular complexity index is 694. The summed E-state index contributed by atoms with van der Waals surface area (Å²) in [5.41, 5.74) is 8.07. The normalized spacial score (nSPS) is 10.5. The maximum absolute atomic E-state index is 11.6. The number of hydrogen-bond acceptors (Lipinski definition) is 8. The van der Waals surface area contributed by atoms with Crippen LogP contribution in [0.5, 0.6) is 5.75 Å². The number of aromatic nitrogens is 2. The van der Waals surface area contributed by atoms with E-state index in [2.05, 4.69) is 25.5 Å². The number of rotatable bonds is 6. The van der Waals surface area contributed by atoms with E-state index in [0.717, 1.165) is 0 Å². The number of nitrogen functional groups attached to an aromatic ring is 1. The van der Waals surface area contributed by atoms with Crippen molar-refractivity contribution in [2.24, 2.45) is 5.10 Å². The minimum Gasteiger partial charge on any atom is -0.482 e. The lowest BCUT2D eigenvalue weighted by molar-refractivity contribution is -0.139. The van der Waals surface area contributed by atoms with Gasteiger partial charge in [-0.2, -0.15) is 5.10 Å². The van der Waals surface area contributed by atoms with Crippen LogP contribution < -0.4 is 15.9 Å². The van der Waals surface area contributed by atoms with Crippen molar-refractivity contribution in [3.8, 4) is 5.75 Å². The third kappa shape index (κ3) is 4.03. The van der Waals surface area contributed by atoms with E-state index in [9.17, 15) is 9.59 Å². The number of benzene rings is 1. The van der Waals surface area contributed by atoms with Gasteiger partial charge in [0.15, 0.2) is 6.61 Å². The Morgan fingerprint density at radius 1 is 1.36 bits per heavy atom. The summed E-state index contributed by atoms with van der Waals surface area (Å²) < 4.78 is 9.26. The van der Waals surface area contributed by atoms with Crippen LogP contribution in [0.15, 0.2) is 34.0 Å². The van der Waals surface area contributed by atoms with Gasteiger partial charge in [-0.1, -0.05) is 0 Å². The molecule has 0 bridgehead atoms. The number of carbonyl (C=O) groups is 2. The van der Waals surface area contributed by atoms with Crippen molar-refractivity contribution in [2.75, 3.05) is 12.3 Å². The molecule has 10 heteroatoms. The molecule has 0 aliphatic heterocycles. The number of carbonyl (C=O) groups excluding carboxylic acids is 1. The summed E-state index contributed by atoms with van der Waals surface area (Å²) in [6, 6.07) is 6.43. The molecule has 0 aliphatic carbocycles. The number of hydrazone groups is 1. The fourth-order valence-corrected chi connectivity index (χ4v) is 1.37. The zero-order chi connectivity index (χ0) is 15.9. The average molecular weight is 305 g/mol. The molecule has 0 saturated heterocycles. The highest BCUT2D eigenvalue weighted by molar-refractivity contribution is 5.96. The fourth-order valence-electron chi connectivity index (χ4n) is 1.37. The first-order chi connectivity index (χ1) is 10.6. The van der Waals surface area contributed by atoms with Gasteiger partial charge in [-0.25, -0.2) is 14.8 Å². The van der Waals surface area contributed by atoms with E-state index in [1.165, 1.54) is 6.21 Å². The molecule has 22 heavy (non-hydrogen) atoms. The third-order valence-electron chi connectivity index (χ3n) is 2.35. The van der Waals surface area contributed by atoms with Crippen molar-refractivity contribution < 1.29 is 24.1 Å². The van der Waals surface area contributed by atoms with Crippen molar-refractivity contribution in [1.82, 2.24) is 15.7 Å². The molecule has 0 saturated carbocycles. The summed E-state index contributed by atoms with van der Waals surface area (Å²) in [7, 11) is 0. The third-order valence-corrected chi connectivity index (χ3v) is 2.35. The van der Waals surface area contributed by atoms with Crippen LogP contribution in [0.3, 0.4) is 0 Å². The second-order valence-corrected chi connectivity index (χ2v) is 3.95. The molecule has 0 spiro atoms. The first-order valence-electron chi connectivity index (χ1n) is 5.92. The van der Waals surface area contributed by atoms with E-state index in [0.29, 0.717) is 11.3 Å². The molecule has 0 atom stereocenters. The minimum atomic E-state index is -1.06. The highest BCUT2D eigenvalue weighted by Crippen LogP contribution is 2.10. The Labute approximate surface area is 123 Å². The van der Waals surface area contributed by atoms with Crippen molar-refractivity contribution in [3.05, 3.63) is 35.5 Å². The molecule has 1 amide bonds. The van der Waals surface area contributed by atoms with E-state index < -0.39 is 18.5 Å². The number of amides is 1. The van der Waals surface area contributed by atoms with Crippen LogP contribution in [0, 0.1) is 0 Å². The molecule has 0 radical (unpaired) electrons. The predicted molar refractivity (Wildman–Crippen MR) is 73.3 cm³/mol. The predicted octanol–water partition coefficient (Wildman–Crippen LogP) is -0.121. The average Bonchev–Trinajstić information content (AvgIpc) is 2.92. The summed E-state index contributed by atoms with van der Waals surface area (Å²) in [5, 5.41) is 18.8. The molecule has 2 rings (SSSR count). The van der Waals surface area contributed by atoms with Crippen LogP contribution in [0.4, 0.5) is 5.82 Å². The Hall–Kier alpha value is -3.43. The number of ether oxygens (including phenoxy) is 1. The van der Waals surface area contributed by atoms with E-state index >= 15 is 0 Å². The van der Waals surface area contributed by atoms with Gasteiger partial charge in [-0.15, -0.1) is 0 Å². The summed E-state index contributed by atoms with van der Waals surface area (Å²) in [5.74, 6) is -1.44. The second-order valence-electron chi connectivity index (χ2n) is 3.95. The molecule has 10 nitrogen and oxygen atoms in total. The zero-order valence-electron chi connectivity index (χ0n) is 11.1. The van der Waals surface area contributed by atoms with Crippen molar-refractivity contribution in [1.29, 1.82) is 0 Å². The standard InChI is InChI=1S/C12H11N5O5/c13-11-10(16-22-17-11)12(20)15-14-5-7-1-3-8(4-2-7)21-6-9(18)19/h1-5H,6H2,(H2,13,17)(H,15,20)(H,18,19)/b14-5-. The number of hydrogen-bond donors (Lipinski definition) is 3. The molecule has 114 valence electrons. The fraction of sp³-hybridized carbons (Fsp3) is 0.0833. The monoisotopic (exact) mass is 305 g/mol. The topological polar surface area (TPSA) is 153 Å². The van der Waals surface area contributed by atoms with Gasteiger partial charge in [0, 0.05) is 0 Å². The highest BCUT2D eigenvalue weighted by atomic mass is 16.6. The number of anilines is 1. The molecule has 0 fully saturated rings. The number of carboxylic acids is 1. The summed E-state index contributed by atoms with van der Waals surface area (Å²) >= 11 is 0. The largest absolute Gasteiger partial charge is 0.482 e. The zero-order valence-corrected chi connectivity index (χ0v) is 11.1. The van der Waals surface area contributed by atoms with Crippen LogP contribution in [-0.4, -0.2) is 40.1 Å². The Kier molecular flexibility index (Phi) is 4.65. The summed E-state index contributed by atoms with van der Waals surface area (Å²) in [6.45, 7) is -0.420. The van der Waals surface area contributed by atoms with Crippen LogP contribution in [0.2, 0.25) is 0 Å². The summed E-state index contributed by atoms with van der Waals surface area (Å²) in [6.07, 6.45) is 1.38. The first kappa shape index (κ1) is 15.0. The van der Waals surface area contributed by atoms with Crippen molar-refractivity contribution in [3.63, 3.8) is 0 Å². The lowest BCUT2D eigenvalue weighted by Gasteiger charge is -2.02. The van der Waals surface area contributed by atoms with Crippen molar-refractivity contribution >= 4 is 23.9 Å². The molecular weight excluding hydrogens is 294 g/mol. The van der Waals surface area contributed by atoms with Gasteiger partial charge in [-0.05, 0) is 40.1 Å². The van der Waals surface area contributed by atoms with Gasteiger partial charge >= 0.3 is 5.97 Å². The van der Waals surface area contributed by atoms with Gasteiger partial charge in [0.1, 0.15) is 5.75 Å². The van der Waals surface area contributed by atoms with E-state index in [4.69, 9.17) is 15.6 Å². The summed E-state index contributed by atoms with van der Waals surface area (Å²) in [4.78, 5) is 21.9. The van der Waals surface area contributed by atoms with Gasteiger partial charge in [0.05, 0.1) is 6.21 Å². The quantitative estimate of drug-likeness (QED) is 0.493. The number of nitrogens with two attached hydrogens (primary N) is 1. The van der Waals surface area contributed by atoms with E-state index in [1.54, 1.807) is 24.3 Å². The Morgan fingerprint density at radius 3 is 2.68 bits per heavy atom. The number of carboxylic acid groups (broad SMARTS) is 1. The van der Waals surface area contributed by atoms with Crippen LogP contribution >= 0.6 is 0 Å². The van der Waals surface area contributed by atoms with E-state index in [-0.39, 0.29) is 11.5 Å². The molecular formula is C12H11N5O5. The maximum Gasteiger partial charge on any atom is 0.341 e. The van der Waals surface area contributed by atoms with Gasteiger partial charge in [0.25, 0.3) is 5.91 Å². The lowest BCUT2D eigenvalue weighted by atomic mass is 10.2. The SMILES string of the molecule is Nc1nonc1C(=O)N/N=C\c1ccc(OCC(=O)O)cc1. The minimum absolute atomic E-state index is 0.132. The van der Waals surface area contributed by atoms with Crippen LogP contribution in [0.25, 0.3) is 0 Å². The molecule has 0 unspecified atom stereocenters. The van der Waals surface area contributed by atoms with Crippen LogP contribution in [0.1, 0.15) is 16.1 Å². The number of nitrogens with zero attached hydrogens (tertiary/aromatic N) is 3. The molecule has 4 N–H and O–H groups in total. The van der Waals surface area contributed by atoms with E-state index in [1.807, 2.05) is 0 Å². The van der Waals surface area contributed by atoms with Gasteiger partial charge < -0.3 is 15.6 Å². The van der Waals surface area contributed by atoms with Gasteiger partial charge in [0.2, 0.25) is 11.5 Å².